The molecule has 1 fully saturated rings. The highest BCUT2D eigenvalue weighted by Gasteiger charge is 2.37. The molecule has 1 atom stereocenters. The second-order valence-electron chi connectivity index (χ2n) is 6.54. The van der Waals surface area contributed by atoms with E-state index in [0.29, 0.717) is 24.4 Å². The van der Waals surface area contributed by atoms with E-state index in [1.807, 2.05) is 48.5 Å². The van der Waals surface area contributed by atoms with Crippen molar-refractivity contribution < 1.29 is 19.1 Å². The van der Waals surface area contributed by atoms with Crippen molar-refractivity contribution in [2.24, 2.45) is 0 Å². The van der Waals surface area contributed by atoms with Crippen LogP contribution in [-0.4, -0.2) is 48.7 Å². The minimum atomic E-state index is -0.616. The van der Waals surface area contributed by atoms with Gasteiger partial charge < -0.3 is 14.5 Å². The van der Waals surface area contributed by atoms with Gasteiger partial charge >= 0.3 is 0 Å². The van der Waals surface area contributed by atoms with Crippen LogP contribution in [0.5, 0.6) is 5.75 Å². The van der Waals surface area contributed by atoms with Crippen molar-refractivity contribution in [1.82, 2.24) is 4.90 Å². The number of benzene rings is 2. The average Bonchev–Trinajstić information content (AvgIpc) is 2.69. The molecule has 2 aromatic rings. The molecule has 0 N–H and O–H groups in total. The number of carbonyl (C=O) groups is 3. The van der Waals surface area contributed by atoms with E-state index in [2.05, 4.69) is 0 Å². The third-order valence-electron chi connectivity index (χ3n) is 4.68. The molecule has 6 heteroatoms. The lowest BCUT2D eigenvalue weighted by Crippen LogP contribution is -2.60. The highest BCUT2D eigenvalue weighted by Crippen LogP contribution is 2.25. The first-order chi connectivity index (χ1) is 13.0. The minimum Gasteiger partial charge on any atom is -0.497 e. The van der Waals surface area contributed by atoms with Crippen LogP contribution in [-0.2, 0) is 20.8 Å². The van der Waals surface area contributed by atoms with Gasteiger partial charge in [0.15, 0.2) is 0 Å². The molecule has 0 aromatic heterocycles. The van der Waals surface area contributed by atoms with E-state index in [1.165, 1.54) is 11.8 Å². The van der Waals surface area contributed by atoms with Crippen molar-refractivity contribution in [2.45, 2.75) is 19.4 Å². The van der Waals surface area contributed by atoms with Crippen LogP contribution in [0.25, 0.3) is 0 Å². The summed E-state index contributed by atoms with van der Waals surface area (Å²) in [5, 5.41) is 0. The Bertz CT molecular complexity index is 850. The number of methoxy groups -OCH3 is 1. The smallest absolute Gasteiger partial charge is 0.290 e. The van der Waals surface area contributed by atoms with Gasteiger partial charge in [0.25, 0.3) is 5.91 Å². The fourth-order valence-electron chi connectivity index (χ4n) is 3.30. The number of anilines is 1. The predicted octanol–water partition coefficient (Wildman–Crippen LogP) is 2.07. The van der Waals surface area contributed by atoms with Gasteiger partial charge in [-0.25, -0.2) is 0 Å². The van der Waals surface area contributed by atoms with E-state index < -0.39 is 11.7 Å². The Morgan fingerprint density at radius 2 is 1.85 bits per heavy atom. The van der Waals surface area contributed by atoms with Crippen molar-refractivity contribution in [3.8, 4) is 5.75 Å². The second-order valence-corrected chi connectivity index (χ2v) is 6.54. The van der Waals surface area contributed by atoms with Crippen LogP contribution < -0.4 is 9.64 Å². The highest BCUT2D eigenvalue weighted by molar-refractivity contribution is 6.35. The van der Waals surface area contributed by atoms with Gasteiger partial charge in [-0.2, -0.15) is 0 Å². The number of Topliss-reactive ketones (excluding diaryl/α,β-unsaturated/α-hetero) is 1. The van der Waals surface area contributed by atoms with Gasteiger partial charge in [0.05, 0.1) is 13.2 Å². The number of piperazine rings is 1. The molecule has 0 unspecified atom stereocenters. The molecule has 1 heterocycles. The Morgan fingerprint density at radius 1 is 1.11 bits per heavy atom. The molecule has 0 saturated carbocycles. The van der Waals surface area contributed by atoms with E-state index in [9.17, 15) is 14.4 Å². The first kappa shape index (κ1) is 18.6. The molecule has 140 valence electrons. The fraction of sp³-hybridized carbons (Fsp3) is 0.286. The molecule has 0 aliphatic carbocycles. The van der Waals surface area contributed by atoms with E-state index in [4.69, 9.17) is 4.74 Å². The van der Waals surface area contributed by atoms with Crippen LogP contribution >= 0.6 is 0 Å². The normalized spacial score (nSPS) is 17.0. The molecule has 27 heavy (non-hydrogen) atoms. The topological polar surface area (TPSA) is 66.9 Å². The van der Waals surface area contributed by atoms with Gasteiger partial charge in [-0.3, -0.25) is 14.4 Å². The van der Waals surface area contributed by atoms with Gasteiger partial charge in [0.2, 0.25) is 11.7 Å². The Kier molecular flexibility index (Phi) is 5.54. The van der Waals surface area contributed by atoms with Crippen molar-refractivity contribution in [2.75, 3.05) is 25.1 Å². The van der Waals surface area contributed by atoms with Crippen LogP contribution in [0.1, 0.15) is 12.5 Å². The van der Waals surface area contributed by atoms with Gasteiger partial charge in [-0.05, 0) is 24.1 Å². The Hall–Kier alpha value is -3.15. The quantitative estimate of drug-likeness (QED) is 0.760. The molecule has 0 bridgehead atoms. The summed E-state index contributed by atoms with van der Waals surface area (Å²) in [5.74, 6) is -0.741. The van der Waals surface area contributed by atoms with E-state index >= 15 is 0 Å². The molecular weight excluding hydrogens is 344 g/mol. The number of hydrogen-bond acceptors (Lipinski definition) is 4. The van der Waals surface area contributed by atoms with E-state index in [0.717, 1.165) is 5.56 Å². The maximum Gasteiger partial charge on any atom is 0.290 e. The molecule has 1 aliphatic heterocycles. The molecule has 6 nitrogen and oxygen atoms in total. The van der Waals surface area contributed by atoms with Crippen LogP contribution in [0, 0.1) is 0 Å². The summed E-state index contributed by atoms with van der Waals surface area (Å²) < 4.78 is 5.25. The van der Waals surface area contributed by atoms with Gasteiger partial charge in [-0.15, -0.1) is 0 Å². The number of ketones is 1. The fourth-order valence-corrected chi connectivity index (χ4v) is 3.30. The molecule has 0 spiro atoms. The predicted molar refractivity (Wildman–Crippen MR) is 102 cm³/mol. The monoisotopic (exact) mass is 366 g/mol. The van der Waals surface area contributed by atoms with E-state index in [-0.39, 0.29) is 18.5 Å². The molecular formula is C21H22N2O4. The maximum absolute atomic E-state index is 12.7. The Morgan fingerprint density at radius 3 is 2.52 bits per heavy atom. The Balaban J connectivity index is 1.90. The lowest BCUT2D eigenvalue weighted by Gasteiger charge is -2.40. The number of nitrogens with zero attached hydrogens (tertiary/aromatic N) is 2. The van der Waals surface area contributed by atoms with Gasteiger partial charge in [0.1, 0.15) is 12.3 Å². The first-order valence-corrected chi connectivity index (χ1v) is 8.79. The molecule has 2 aromatic carbocycles. The SMILES string of the molecule is COc1cccc(N2C[C@H](Cc3ccccc3)N(C(=O)C(C)=O)CC2=O)c1. The summed E-state index contributed by atoms with van der Waals surface area (Å²) in [7, 11) is 1.57. The van der Waals surface area contributed by atoms with Crippen molar-refractivity contribution in [3.05, 3.63) is 60.2 Å². The van der Waals surface area contributed by atoms with Crippen molar-refractivity contribution in [1.29, 1.82) is 0 Å². The number of hydrogen-bond donors (Lipinski definition) is 0. The summed E-state index contributed by atoms with van der Waals surface area (Å²) >= 11 is 0. The lowest BCUT2D eigenvalue weighted by atomic mass is 10.0. The zero-order valence-electron chi connectivity index (χ0n) is 15.4. The standard InChI is InChI=1S/C21H22N2O4/c1-15(24)21(26)23-14-20(25)22(17-9-6-10-19(12-17)27-2)13-18(23)11-16-7-4-3-5-8-16/h3-10,12,18H,11,13-14H2,1-2H3/t18-/m0/s1. The molecule has 1 aliphatic rings. The molecule has 3 rings (SSSR count). The largest absolute Gasteiger partial charge is 0.497 e. The number of ether oxygens (including phenoxy) is 1. The highest BCUT2D eigenvalue weighted by atomic mass is 16.5. The zero-order valence-corrected chi connectivity index (χ0v) is 15.4. The van der Waals surface area contributed by atoms with Crippen LogP contribution in [0.4, 0.5) is 5.69 Å². The third-order valence-corrected chi connectivity index (χ3v) is 4.68. The van der Waals surface area contributed by atoms with Crippen LogP contribution in [0.2, 0.25) is 0 Å². The molecule has 2 amide bonds. The summed E-state index contributed by atoms with van der Waals surface area (Å²) in [6, 6.07) is 16.7. The molecule has 0 radical (unpaired) electrons. The summed E-state index contributed by atoms with van der Waals surface area (Å²) in [6.07, 6.45) is 0.563. The summed E-state index contributed by atoms with van der Waals surface area (Å²) in [5.41, 5.74) is 1.76. The number of rotatable bonds is 5. The zero-order chi connectivity index (χ0) is 19.4. The van der Waals surface area contributed by atoms with Crippen LogP contribution in [0.3, 0.4) is 0 Å². The lowest BCUT2D eigenvalue weighted by molar-refractivity contribution is -0.147. The van der Waals surface area contributed by atoms with Gasteiger partial charge in [0, 0.05) is 25.2 Å². The Labute approximate surface area is 158 Å². The average molecular weight is 366 g/mol. The van der Waals surface area contributed by atoms with Crippen molar-refractivity contribution in [3.63, 3.8) is 0 Å². The van der Waals surface area contributed by atoms with Crippen LogP contribution in [0.15, 0.2) is 54.6 Å². The summed E-state index contributed by atoms with van der Waals surface area (Å²) in [6.45, 7) is 1.44. The minimum absolute atomic E-state index is 0.118. The number of carbonyl (C=O) groups excluding carboxylic acids is 3. The second kappa shape index (κ2) is 8.03. The van der Waals surface area contributed by atoms with Gasteiger partial charge in [-0.1, -0.05) is 36.4 Å². The first-order valence-electron chi connectivity index (χ1n) is 8.79. The van der Waals surface area contributed by atoms with Crippen molar-refractivity contribution >= 4 is 23.3 Å². The maximum atomic E-state index is 12.7. The third kappa shape index (κ3) is 4.16. The number of amides is 2. The molecule has 1 saturated heterocycles. The summed E-state index contributed by atoms with van der Waals surface area (Å²) in [4.78, 5) is 39.8. The van der Waals surface area contributed by atoms with E-state index in [1.54, 1.807) is 18.1 Å².